The first-order valence-electron chi connectivity index (χ1n) is 13.9. The summed E-state index contributed by atoms with van der Waals surface area (Å²) < 4.78 is 0. The summed E-state index contributed by atoms with van der Waals surface area (Å²) in [5.74, 6) is 2.00. The van der Waals surface area contributed by atoms with Gasteiger partial charge in [0, 0.05) is 61.8 Å². The third kappa shape index (κ3) is 3.97. The lowest BCUT2D eigenvalue weighted by Gasteiger charge is -2.34. The molecule has 7 heteroatoms. The SMILES string of the molecule is CN1CCN(c2cc(-c3cnc4c(c3)C(c3ccc5c(c3)C3(CCCCC3)NC5=O)=CCN4)ccn2)CC1. The number of hydrogen-bond acceptors (Lipinski definition) is 6. The number of fused-ring (bicyclic) bond motifs is 3. The maximum atomic E-state index is 12.8. The van der Waals surface area contributed by atoms with Gasteiger partial charge < -0.3 is 20.4 Å². The second-order valence-electron chi connectivity index (χ2n) is 11.2. The maximum Gasteiger partial charge on any atom is 0.252 e. The van der Waals surface area contributed by atoms with Crippen LogP contribution in [0, 0.1) is 0 Å². The fraction of sp³-hybridized carbons (Fsp3) is 0.387. The first-order chi connectivity index (χ1) is 18.6. The Morgan fingerprint density at radius 2 is 1.71 bits per heavy atom. The predicted octanol–water partition coefficient (Wildman–Crippen LogP) is 4.66. The second-order valence-corrected chi connectivity index (χ2v) is 11.2. The van der Waals surface area contributed by atoms with Crippen LogP contribution < -0.4 is 15.5 Å². The average Bonchev–Trinajstić information content (AvgIpc) is 3.23. The van der Waals surface area contributed by atoms with Crippen molar-refractivity contribution in [3.63, 3.8) is 0 Å². The second kappa shape index (κ2) is 9.24. The van der Waals surface area contributed by atoms with Crippen LogP contribution in [-0.4, -0.2) is 60.5 Å². The van der Waals surface area contributed by atoms with Gasteiger partial charge in [-0.3, -0.25) is 4.79 Å². The highest BCUT2D eigenvalue weighted by atomic mass is 16.2. The van der Waals surface area contributed by atoms with E-state index < -0.39 is 0 Å². The van der Waals surface area contributed by atoms with Crippen LogP contribution in [0.25, 0.3) is 16.7 Å². The summed E-state index contributed by atoms with van der Waals surface area (Å²) in [4.78, 5) is 27.1. The van der Waals surface area contributed by atoms with E-state index in [1.54, 1.807) is 0 Å². The lowest BCUT2D eigenvalue weighted by atomic mass is 9.76. The molecule has 1 spiro atoms. The molecule has 0 atom stereocenters. The van der Waals surface area contributed by atoms with Crippen LogP contribution in [0.4, 0.5) is 11.6 Å². The van der Waals surface area contributed by atoms with Crippen LogP contribution in [0.1, 0.15) is 59.2 Å². The smallest absolute Gasteiger partial charge is 0.252 e. The molecule has 1 aromatic carbocycles. The summed E-state index contributed by atoms with van der Waals surface area (Å²) in [6.07, 6.45) is 11.7. The van der Waals surface area contributed by atoms with Crippen molar-refractivity contribution in [2.24, 2.45) is 0 Å². The zero-order valence-electron chi connectivity index (χ0n) is 22.0. The molecule has 1 saturated carbocycles. The summed E-state index contributed by atoms with van der Waals surface area (Å²) in [5.41, 5.74) is 7.45. The molecule has 38 heavy (non-hydrogen) atoms. The molecule has 4 aliphatic rings. The third-order valence-corrected chi connectivity index (χ3v) is 8.81. The number of carbonyl (C=O) groups excluding carboxylic acids is 1. The van der Waals surface area contributed by atoms with Gasteiger partial charge in [0.05, 0.1) is 5.54 Å². The van der Waals surface area contributed by atoms with Crippen molar-refractivity contribution < 1.29 is 4.79 Å². The molecule has 3 aromatic rings. The summed E-state index contributed by atoms with van der Waals surface area (Å²) in [6, 6.07) is 12.9. The summed E-state index contributed by atoms with van der Waals surface area (Å²) >= 11 is 0. The number of piperazine rings is 1. The highest BCUT2D eigenvalue weighted by Crippen LogP contribution is 2.44. The molecular formula is C31H34N6O. The predicted molar refractivity (Wildman–Crippen MR) is 151 cm³/mol. The molecule has 1 amide bonds. The number of likely N-dealkylation sites (N-methyl/N-ethyl adjacent to an activating group) is 1. The number of benzene rings is 1. The molecular weight excluding hydrogens is 472 g/mol. The molecule has 0 radical (unpaired) electrons. The summed E-state index contributed by atoms with van der Waals surface area (Å²) in [7, 11) is 2.17. The Bertz CT molecular complexity index is 1430. The zero-order chi connectivity index (χ0) is 25.7. The molecule has 2 N–H and O–H groups in total. The van der Waals surface area contributed by atoms with E-state index in [2.05, 4.69) is 68.9 Å². The van der Waals surface area contributed by atoms with Gasteiger partial charge in [-0.05, 0) is 72.5 Å². The average molecular weight is 507 g/mol. The van der Waals surface area contributed by atoms with Gasteiger partial charge >= 0.3 is 0 Å². The molecule has 5 heterocycles. The standard InChI is InChI=1S/C31H34N6O/c1-36-13-15-37(16-14-36)28-19-21(7-11-32-28)23-17-26-24(8-12-33-29(26)34-20-23)22-5-6-25-27(18-22)31(35-30(25)38)9-3-2-4-10-31/h5-8,11,17-20H,2-4,9-10,12-16H2,1H3,(H,33,34)(H,35,38). The van der Waals surface area contributed by atoms with Crippen LogP contribution in [0.3, 0.4) is 0 Å². The van der Waals surface area contributed by atoms with E-state index >= 15 is 0 Å². The number of nitrogens with zero attached hydrogens (tertiary/aromatic N) is 4. The number of anilines is 2. The molecule has 0 unspecified atom stereocenters. The van der Waals surface area contributed by atoms with E-state index in [9.17, 15) is 4.79 Å². The van der Waals surface area contributed by atoms with Gasteiger partial charge in [-0.15, -0.1) is 0 Å². The minimum atomic E-state index is -0.201. The van der Waals surface area contributed by atoms with E-state index in [0.717, 1.165) is 97.9 Å². The molecule has 2 aromatic heterocycles. The topological polar surface area (TPSA) is 73.4 Å². The maximum absolute atomic E-state index is 12.8. The fourth-order valence-electron chi connectivity index (χ4n) is 6.62. The molecule has 1 aliphatic carbocycles. The Morgan fingerprint density at radius 1 is 0.868 bits per heavy atom. The van der Waals surface area contributed by atoms with Crippen molar-refractivity contribution in [2.45, 2.75) is 37.6 Å². The lowest BCUT2D eigenvalue weighted by Crippen LogP contribution is -2.44. The van der Waals surface area contributed by atoms with E-state index in [1.807, 2.05) is 18.5 Å². The number of hydrogen-bond donors (Lipinski definition) is 2. The first-order valence-corrected chi connectivity index (χ1v) is 13.9. The van der Waals surface area contributed by atoms with Gasteiger partial charge in [-0.25, -0.2) is 9.97 Å². The Balaban J connectivity index is 1.24. The van der Waals surface area contributed by atoms with Gasteiger partial charge in [0.15, 0.2) is 0 Å². The van der Waals surface area contributed by atoms with Crippen LogP contribution in [-0.2, 0) is 5.54 Å². The lowest BCUT2D eigenvalue weighted by molar-refractivity contribution is 0.0909. The van der Waals surface area contributed by atoms with Crippen LogP contribution in [0.5, 0.6) is 0 Å². The van der Waals surface area contributed by atoms with Crippen LogP contribution in [0.15, 0.2) is 54.9 Å². The van der Waals surface area contributed by atoms with E-state index in [1.165, 1.54) is 17.6 Å². The monoisotopic (exact) mass is 506 g/mol. The Morgan fingerprint density at radius 3 is 2.55 bits per heavy atom. The van der Waals surface area contributed by atoms with Crippen molar-refractivity contribution in [3.05, 3.63) is 77.1 Å². The number of amides is 1. The first kappa shape index (κ1) is 23.4. The van der Waals surface area contributed by atoms with Crippen molar-refractivity contribution in [1.82, 2.24) is 20.2 Å². The number of pyridine rings is 2. The third-order valence-electron chi connectivity index (χ3n) is 8.81. The number of nitrogens with one attached hydrogen (secondary N) is 2. The van der Waals surface area contributed by atoms with Gasteiger partial charge in [0.25, 0.3) is 5.91 Å². The van der Waals surface area contributed by atoms with Gasteiger partial charge in [-0.2, -0.15) is 0 Å². The van der Waals surface area contributed by atoms with E-state index in [0.29, 0.717) is 0 Å². The Labute approximate surface area is 224 Å². The molecule has 1 saturated heterocycles. The zero-order valence-corrected chi connectivity index (χ0v) is 22.0. The van der Waals surface area contributed by atoms with Gasteiger partial charge in [-0.1, -0.05) is 31.4 Å². The normalized spacial score (nSPS) is 20.4. The summed E-state index contributed by atoms with van der Waals surface area (Å²) in [5, 5.41) is 6.80. The Hall–Kier alpha value is -3.71. The fourth-order valence-corrected chi connectivity index (χ4v) is 6.62. The molecule has 194 valence electrons. The van der Waals surface area contributed by atoms with E-state index in [4.69, 9.17) is 4.98 Å². The minimum Gasteiger partial charge on any atom is -0.366 e. The molecule has 7 nitrogen and oxygen atoms in total. The van der Waals surface area contributed by atoms with Crippen LogP contribution in [0.2, 0.25) is 0 Å². The van der Waals surface area contributed by atoms with E-state index in [-0.39, 0.29) is 11.4 Å². The van der Waals surface area contributed by atoms with Gasteiger partial charge in [0.2, 0.25) is 0 Å². The van der Waals surface area contributed by atoms with Crippen LogP contribution >= 0.6 is 0 Å². The number of aromatic nitrogens is 2. The molecule has 0 bridgehead atoms. The summed E-state index contributed by atoms with van der Waals surface area (Å²) in [6.45, 7) is 4.81. The highest BCUT2D eigenvalue weighted by Gasteiger charge is 2.43. The van der Waals surface area contributed by atoms with Crippen molar-refractivity contribution in [3.8, 4) is 11.1 Å². The van der Waals surface area contributed by atoms with Crippen molar-refractivity contribution >= 4 is 23.1 Å². The minimum absolute atomic E-state index is 0.0749. The van der Waals surface area contributed by atoms with Crippen molar-refractivity contribution in [1.29, 1.82) is 0 Å². The largest absolute Gasteiger partial charge is 0.366 e. The number of rotatable bonds is 3. The molecule has 7 rings (SSSR count). The molecule has 2 fully saturated rings. The van der Waals surface area contributed by atoms with Crippen molar-refractivity contribution in [2.75, 3.05) is 50.0 Å². The quantitative estimate of drug-likeness (QED) is 0.539. The number of carbonyl (C=O) groups is 1. The molecule has 3 aliphatic heterocycles. The van der Waals surface area contributed by atoms with Gasteiger partial charge in [0.1, 0.15) is 11.6 Å². The Kier molecular flexibility index (Phi) is 5.69. The highest BCUT2D eigenvalue weighted by molar-refractivity contribution is 6.01.